The van der Waals surface area contributed by atoms with E-state index in [4.69, 9.17) is 4.74 Å². The number of anilines is 2. The van der Waals surface area contributed by atoms with E-state index in [1.165, 1.54) is 0 Å². The van der Waals surface area contributed by atoms with Crippen molar-refractivity contribution in [1.82, 2.24) is 4.90 Å². The fourth-order valence-corrected chi connectivity index (χ4v) is 4.21. The zero-order valence-electron chi connectivity index (χ0n) is 17.0. The summed E-state index contributed by atoms with van der Waals surface area (Å²) in [5.74, 6) is 0.722. The zero-order chi connectivity index (χ0) is 20.4. The van der Waals surface area contributed by atoms with Gasteiger partial charge in [-0.15, -0.1) is 0 Å². The highest BCUT2D eigenvalue weighted by atomic mass is 16.5. The van der Waals surface area contributed by atoms with Gasteiger partial charge in [-0.25, -0.2) is 0 Å². The Kier molecular flexibility index (Phi) is 5.43. The third-order valence-corrected chi connectivity index (χ3v) is 5.91. The van der Waals surface area contributed by atoms with Crippen LogP contribution in [0.25, 0.3) is 0 Å². The second kappa shape index (κ2) is 8.15. The molecule has 2 aliphatic rings. The normalized spacial score (nSPS) is 19.6. The van der Waals surface area contributed by atoms with Gasteiger partial charge in [-0.3, -0.25) is 9.59 Å². The van der Waals surface area contributed by atoms with Crippen molar-refractivity contribution in [3.8, 4) is 5.75 Å². The fourth-order valence-electron chi connectivity index (χ4n) is 4.21. The minimum Gasteiger partial charge on any atom is -0.497 e. The van der Waals surface area contributed by atoms with Gasteiger partial charge in [0.1, 0.15) is 5.75 Å². The molecule has 0 bridgehead atoms. The molecule has 0 spiro atoms. The van der Waals surface area contributed by atoms with E-state index in [0.717, 1.165) is 35.8 Å². The Labute approximate surface area is 171 Å². The molecule has 2 saturated heterocycles. The van der Waals surface area contributed by atoms with E-state index in [1.807, 2.05) is 60.4 Å². The van der Waals surface area contributed by atoms with Crippen LogP contribution >= 0.6 is 0 Å². The highest BCUT2D eigenvalue weighted by Gasteiger charge is 2.38. The average Bonchev–Trinajstić information content (AvgIpc) is 3.15. The number of methoxy groups -OCH3 is 1. The highest BCUT2D eigenvalue weighted by molar-refractivity contribution is 6.00. The molecule has 6 nitrogen and oxygen atoms in total. The second-order valence-electron chi connectivity index (χ2n) is 7.70. The molecular formula is C23H27N3O3. The van der Waals surface area contributed by atoms with Crippen LogP contribution in [0.3, 0.4) is 0 Å². The Morgan fingerprint density at radius 2 is 1.69 bits per heavy atom. The first-order chi connectivity index (χ1) is 14.1. The van der Waals surface area contributed by atoms with Gasteiger partial charge in [0, 0.05) is 50.5 Å². The number of benzene rings is 2. The van der Waals surface area contributed by atoms with Gasteiger partial charge in [-0.05, 0) is 42.8 Å². The van der Waals surface area contributed by atoms with Crippen molar-refractivity contribution in [3.05, 3.63) is 54.1 Å². The number of aryl methyl sites for hydroxylation is 1. The molecule has 2 aliphatic heterocycles. The molecule has 4 rings (SSSR count). The molecule has 1 atom stereocenters. The maximum atomic E-state index is 13.0. The quantitative estimate of drug-likeness (QED) is 0.802. The maximum absolute atomic E-state index is 13.0. The number of rotatable bonds is 4. The summed E-state index contributed by atoms with van der Waals surface area (Å²) in [6.45, 7) is 5.41. The molecule has 0 aromatic heterocycles. The molecule has 0 radical (unpaired) electrons. The molecule has 152 valence electrons. The monoisotopic (exact) mass is 393 g/mol. The third kappa shape index (κ3) is 3.92. The molecule has 2 fully saturated rings. The molecule has 2 heterocycles. The standard InChI is InChI=1S/C23H27N3O3/c1-17-5-3-4-6-21(17)26-16-18(15-22(26)27)23(28)25-13-11-24(12-14-25)19-7-9-20(29-2)10-8-19/h3-10,18H,11-16H2,1-2H3. The molecule has 1 unspecified atom stereocenters. The first-order valence-corrected chi connectivity index (χ1v) is 10.1. The molecular weight excluding hydrogens is 366 g/mol. The summed E-state index contributed by atoms with van der Waals surface area (Å²) >= 11 is 0. The number of nitrogens with zero attached hydrogens (tertiary/aromatic N) is 3. The van der Waals surface area contributed by atoms with Crippen LogP contribution in [0.1, 0.15) is 12.0 Å². The summed E-state index contributed by atoms with van der Waals surface area (Å²) < 4.78 is 5.22. The van der Waals surface area contributed by atoms with E-state index in [9.17, 15) is 9.59 Å². The molecule has 0 saturated carbocycles. The SMILES string of the molecule is COc1ccc(N2CCN(C(=O)C3CC(=O)N(c4ccccc4C)C3)CC2)cc1. The Bertz CT molecular complexity index is 888. The molecule has 2 amide bonds. The lowest BCUT2D eigenvalue weighted by molar-refractivity contribution is -0.136. The Morgan fingerprint density at radius 1 is 1.00 bits per heavy atom. The smallest absolute Gasteiger partial charge is 0.228 e. The van der Waals surface area contributed by atoms with Crippen molar-refractivity contribution >= 4 is 23.2 Å². The van der Waals surface area contributed by atoms with Crippen molar-refractivity contribution in [2.24, 2.45) is 5.92 Å². The molecule has 2 aromatic rings. The zero-order valence-corrected chi connectivity index (χ0v) is 17.0. The van der Waals surface area contributed by atoms with Gasteiger partial charge in [0.05, 0.1) is 13.0 Å². The number of hydrogen-bond acceptors (Lipinski definition) is 4. The Hall–Kier alpha value is -3.02. The van der Waals surface area contributed by atoms with Crippen LogP contribution in [0.2, 0.25) is 0 Å². The highest BCUT2D eigenvalue weighted by Crippen LogP contribution is 2.29. The second-order valence-corrected chi connectivity index (χ2v) is 7.70. The number of carbonyl (C=O) groups is 2. The van der Waals surface area contributed by atoms with Crippen LogP contribution in [0, 0.1) is 12.8 Å². The van der Waals surface area contributed by atoms with E-state index < -0.39 is 0 Å². The van der Waals surface area contributed by atoms with E-state index in [-0.39, 0.29) is 17.7 Å². The summed E-state index contributed by atoms with van der Waals surface area (Å²) in [6.07, 6.45) is 0.297. The Morgan fingerprint density at radius 3 is 2.34 bits per heavy atom. The van der Waals surface area contributed by atoms with Gasteiger partial charge in [-0.1, -0.05) is 18.2 Å². The van der Waals surface area contributed by atoms with Gasteiger partial charge in [0.2, 0.25) is 11.8 Å². The van der Waals surface area contributed by atoms with Gasteiger partial charge in [0.15, 0.2) is 0 Å². The van der Waals surface area contributed by atoms with Crippen LogP contribution < -0.4 is 14.5 Å². The van der Waals surface area contributed by atoms with Crippen molar-refractivity contribution in [2.45, 2.75) is 13.3 Å². The number of para-hydroxylation sites is 1. The number of hydrogen-bond donors (Lipinski definition) is 0. The molecule has 0 N–H and O–H groups in total. The first-order valence-electron chi connectivity index (χ1n) is 10.1. The predicted octanol–water partition coefficient (Wildman–Crippen LogP) is 2.71. The minimum atomic E-state index is -0.255. The van der Waals surface area contributed by atoms with E-state index in [1.54, 1.807) is 12.0 Å². The first kappa shape index (κ1) is 19.3. The lowest BCUT2D eigenvalue weighted by Crippen LogP contribution is -2.50. The van der Waals surface area contributed by atoms with Crippen LogP contribution in [-0.4, -0.2) is 56.5 Å². The largest absolute Gasteiger partial charge is 0.497 e. The average molecular weight is 393 g/mol. The molecule has 0 aliphatic carbocycles. The van der Waals surface area contributed by atoms with Crippen LogP contribution in [0.5, 0.6) is 5.75 Å². The summed E-state index contributed by atoms with van der Waals surface area (Å²) in [5.41, 5.74) is 3.11. The lowest BCUT2D eigenvalue weighted by Gasteiger charge is -2.37. The van der Waals surface area contributed by atoms with Crippen molar-refractivity contribution in [3.63, 3.8) is 0 Å². The maximum Gasteiger partial charge on any atom is 0.228 e. The number of piperazine rings is 1. The minimum absolute atomic E-state index is 0.0366. The van der Waals surface area contributed by atoms with Gasteiger partial charge in [0.25, 0.3) is 0 Å². The molecule has 2 aromatic carbocycles. The van der Waals surface area contributed by atoms with Crippen molar-refractivity contribution in [1.29, 1.82) is 0 Å². The number of ether oxygens (including phenoxy) is 1. The fraction of sp³-hybridized carbons (Fsp3) is 0.391. The topological polar surface area (TPSA) is 53.1 Å². The summed E-state index contributed by atoms with van der Waals surface area (Å²) in [5, 5.41) is 0. The van der Waals surface area contributed by atoms with Crippen LogP contribution in [-0.2, 0) is 9.59 Å². The van der Waals surface area contributed by atoms with Gasteiger partial charge < -0.3 is 19.4 Å². The van der Waals surface area contributed by atoms with E-state index >= 15 is 0 Å². The van der Waals surface area contributed by atoms with Gasteiger partial charge >= 0.3 is 0 Å². The lowest BCUT2D eigenvalue weighted by atomic mass is 10.1. The molecule has 29 heavy (non-hydrogen) atoms. The Balaban J connectivity index is 1.36. The number of carbonyl (C=O) groups excluding carboxylic acids is 2. The predicted molar refractivity (Wildman–Crippen MR) is 113 cm³/mol. The van der Waals surface area contributed by atoms with Gasteiger partial charge in [-0.2, -0.15) is 0 Å². The summed E-state index contributed by atoms with van der Waals surface area (Å²) in [6, 6.07) is 15.9. The van der Waals surface area contributed by atoms with Crippen LogP contribution in [0.4, 0.5) is 11.4 Å². The number of amides is 2. The van der Waals surface area contributed by atoms with E-state index in [0.29, 0.717) is 26.1 Å². The van der Waals surface area contributed by atoms with Crippen molar-refractivity contribution in [2.75, 3.05) is 49.6 Å². The van der Waals surface area contributed by atoms with Crippen LogP contribution in [0.15, 0.2) is 48.5 Å². The molecule has 6 heteroatoms. The van der Waals surface area contributed by atoms with Crippen molar-refractivity contribution < 1.29 is 14.3 Å². The summed E-state index contributed by atoms with van der Waals surface area (Å²) in [4.78, 5) is 31.6. The third-order valence-electron chi connectivity index (χ3n) is 5.91. The van der Waals surface area contributed by atoms with E-state index in [2.05, 4.69) is 4.90 Å². The summed E-state index contributed by atoms with van der Waals surface area (Å²) in [7, 11) is 1.66.